The van der Waals surface area contributed by atoms with E-state index in [4.69, 9.17) is 17.3 Å². The smallest absolute Gasteiger partial charge is 0.296 e. The molecule has 3 rings (SSSR count). The SMILES string of the molecule is Nc1c(S(=O)(=O)O)cc([N+](=O)[O-])c2c1C(=O)c1cccc(Cl)c1C2=O. The van der Waals surface area contributed by atoms with E-state index >= 15 is 0 Å². The minimum Gasteiger partial charge on any atom is -0.397 e. The molecular formula is C14H7ClN2O7S. The summed E-state index contributed by atoms with van der Waals surface area (Å²) >= 11 is 5.93. The fourth-order valence-electron chi connectivity index (χ4n) is 2.69. The van der Waals surface area contributed by atoms with Gasteiger partial charge in [-0.2, -0.15) is 8.42 Å². The number of nitrogen functional groups attached to an aromatic ring is 1. The summed E-state index contributed by atoms with van der Waals surface area (Å²) in [6.07, 6.45) is 0. The second kappa shape index (κ2) is 5.34. The first kappa shape index (κ1) is 17.0. The van der Waals surface area contributed by atoms with Gasteiger partial charge in [0.15, 0.2) is 5.78 Å². The maximum absolute atomic E-state index is 12.7. The molecule has 25 heavy (non-hydrogen) atoms. The molecule has 0 amide bonds. The normalized spacial score (nSPS) is 13.4. The van der Waals surface area contributed by atoms with Crippen LogP contribution in [0.5, 0.6) is 0 Å². The summed E-state index contributed by atoms with van der Waals surface area (Å²) in [7, 11) is -4.97. The van der Waals surface area contributed by atoms with Crippen LogP contribution in [0.3, 0.4) is 0 Å². The molecule has 2 aromatic carbocycles. The number of nitrogens with zero attached hydrogens (tertiary/aromatic N) is 1. The molecule has 0 fully saturated rings. The quantitative estimate of drug-likeness (QED) is 0.294. The topological polar surface area (TPSA) is 158 Å². The molecule has 0 saturated heterocycles. The zero-order chi connectivity index (χ0) is 18.7. The van der Waals surface area contributed by atoms with Crippen molar-refractivity contribution < 1.29 is 27.5 Å². The maximum atomic E-state index is 12.7. The van der Waals surface area contributed by atoms with Crippen molar-refractivity contribution in [3.05, 3.63) is 61.7 Å². The molecular weight excluding hydrogens is 376 g/mol. The Balaban J connectivity index is 2.52. The minimum absolute atomic E-state index is 0.0896. The van der Waals surface area contributed by atoms with E-state index in [9.17, 15) is 32.7 Å². The lowest BCUT2D eigenvalue weighted by molar-refractivity contribution is -0.385. The second-order valence-electron chi connectivity index (χ2n) is 5.11. The third-order valence-corrected chi connectivity index (χ3v) is 4.93. The van der Waals surface area contributed by atoms with Crippen LogP contribution in [0, 0.1) is 10.1 Å². The molecule has 0 aliphatic heterocycles. The summed E-state index contributed by atoms with van der Waals surface area (Å²) in [6, 6.07) is 4.42. The molecule has 9 nitrogen and oxygen atoms in total. The van der Waals surface area contributed by atoms with Crippen molar-refractivity contribution in [3.63, 3.8) is 0 Å². The van der Waals surface area contributed by atoms with Crippen LogP contribution in [-0.2, 0) is 10.1 Å². The molecule has 0 heterocycles. The zero-order valence-electron chi connectivity index (χ0n) is 12.0. The van der Waals surface area contributed by atoms with Crippen LogP contribution in [-0.4, -0.2) is 29.5 Å². The summed E-state index contributed by atoms with van der Waals surface area (Å²) in [5, 5.41) is 11.2. The Bertz CT molecular complexity index is 1110. The van der Waals surface area contributed by atoms with E-state index in [1.165, 1.54) is 18.2 Å². The largest absolute Gasteiger partial charge is 0.397 e. The van der Waals surface area contributed by atoms with Crippen LogP contribution < -0.4 is 5.73 Å². The number of ketones is 2. The minimum atomic E-state index is -4.97. The van der Waals surface area contributed by atoms with Crippen LogP contribution in [0.2, 0.25) is 5.02 Å². The van der Waals surface area contributed by atoms with E-state index < -0.39 is 54.0 Å². The van der Waals surface area contributed by atoms with E-state index in [1.807, 2.05) is 0 Å². The van der Waals surface area contributed by atoms with Gasteiger partial charge >= 0.3 is 0 Å². The van der Waals surface area contributed by atoms with Gasteiger partial charge in [-0.15, -0.1) is 0 Å². The highest BCUT2D eigenvalue weighted by atomic mass is 35.5. The van der Waals surface area contributed by atoms with Crippen molar-refractivity contribution in [1.29, 1.82) is 0 Å². The molecule has 1 aliphatic carbocycles. The number of nitro benzene ring substituents is 1. The highest BCUT2D eigenvalue weighted by Crippen LogP contribution is 2.41. The van der Waals surface area contributed by atoms with Gasteiger partial charge in [-0.1, -0.05) is 23.7 Å². The first-order valence-corrected chi connectivity index (χ1v) is 8.33. The molecule has 0 saturated carbocycles. The van der Waals surface area contributed by atoms with E-state index in [-0.39, 0.29) is 16.1 Å². The fraction of sp³-hybridized carbons (Fsp3) is 0. The lowest BCUT2D eigenvalue weighted by Crippen LogP contribution is -2.25. The molecule has 0 bridgehead atoms. The summed E-state index contributed by atoms with van der Waals surface area (Å²) in [4.78, 5) is 34.6. The fourth-order valence-corrected chi connectivity index (χ4v) is 3.59. The van der Waals surface area contributed by atoms with Crippen molar-refractivity contribution in [2.75, 3.05) is 5.73 Å². The Morgan fingerprint density at radius 3 is 2.32 bits per heavy atom. The number of anilines is 1. The summed E-state index contributed by atoms with van der Waals surface area (Å²) < 4.78 is 32.1. The molecule has 3 N–H and O–H groups in total. The summed E-state index contributed by atoms with van der Waals surface area (Å²) in [5.41, 5.74) is 2.21. The number of hydrogen-bond donors (Lipinski definition) is 2. The van der Waals surface area contributed by atoms with Crippen LogP contribution in [0.25, 0.3) is 0 Å². The lowest BCUT2D eigenvalue weighted by atomic mass is 9.82. The van der Waals surface area contributed by atoms with Crippen molar-refractivity contribution >= 4 is 44.7 Å². The molecule has 0 radical (unpaired) electrons. The predicted octanol–water partition coefficient (Wildman–Crippen LogP) is 1.85. The highest BCUT2D eigenvalue weighted by molar-refractivity contribution is 7.86. The van der Waals surface area contributed by atoms with Crippen LogP contribution in [0.1, 0.15) is 31.8 Å². The van der Waals surface area contributed by atoms with Crippen LogP contribution >= 0.6 is 11.6 Å². The van der Waals surface area contributed by atoms with Gasteiger partial charge in [0.25, 0.3) is 15.8 Å². The monoisotopic (exact) mass is 382 g/mol. The van der Waals surface area contributed by atoms with Gasteiger partial charge in [0, 0.05) is 11.6 Å². The Kier molecular flexibility index (Phi) is 3.64. The second-order valence-corrected chi connectivity index (χ2v) is 6.91. The lowest BCUT2D eigenvalue weighted by Gasteiger charge is -2.20. The maximum Gasteiger partial charge on any atom is 0.296 e. The van der Waals surface area contributed by atoms with Gasteiger partial charge in [0.2, 0.25) is 5.78 Å². The third-order valence-electron chi connectivity index (χ3n) is 3.72. The predicted molar refractivity (Wildman–Crippen MR) is 85.6 cm³/mol. The van der Waals surface area contributed by atoms with Gasteiger partial charge in [0.05, 0.1) is 26.8 Å². The average Bonchev–Trinajstić information content (AvgIpc) is 2.50. The van der Waals surface area contributed by atoms with Gasteiger partial charge < -0.3 is 5.73 Å². The highest BCUT2D eigenvalue weighted by Gasteiger charge is 2.41. The number of nitrogens with two attached hydrogens (primary N) is 1. The molecule has 2 aromatic rings. The number of hydrogen-bond acceptors (Lipinski definition) is 7. The number of halogens is 1. The molecule has 0 atom stereocenters. The van der Waals surface area contributed by atoms with Gasteiger partial charge in [-0.3, -0.25) is 24.3 Å². The van der Waals surface area contributed by atoms with Gasteiger partial charge in [-0.25, -0.2) is 0 Å². The zero-order valence-corrected chi connectivity index (χ0v) is 13.6. The first-order chi connectivity index (χ1) is 11.6. The van der Waals surface area contributed by atoms with Crippen LogP contribution in [0.4, 0.5) is 11.4 Å². The van der Waals surface area contributed by atoms with E-state index in [2.05, 4.69) is 0 Å². The number of rotatable bonds is 2. The number of fused-ring (bicyclic) bond motifs is 2. The molecule has 0 aromatic heterocycles. The Morgan fingerprint density at radius 1 is 1.12 bits per heavy atom. The van der Waals surface area contributed by atoms with Crippen molar-refractivity contribution in [3.8, 4) is 0 Å². The number of carbonyl (C=O) groups is 2. The van der Waals surface area contributed by atoms with Crippen molar-refractivity contribution in [1.82, 2.24) is 0 Å². The number of nitro groups is 1. The van der Waals surface area contributed by atoms with E-state index in [1.54, 1.807) is 0 Å². The van der Waals surface area contributed by atoms with Crippen molar-refractivity contribution in [2.45, 2.75) is 4.90 Å². The van der Waals surface area contributed by atoms with E-state index in [0.29, 0.717) is 6.07 Å². The Morgan fingerprint density at radius 2 is 1.76 bits per heavy atom. The average molecular weight is 383 g/mol. The van der Waals surface area contributed by atoms with E-state index in [0.717, 1.165) is 0 Å². The van der Waals surface area contributed by atoms with Gasteiger partial charge in [-0.05, 0) is 6.07 Å². The molecule has 11 heteroatoms. The molecule has 0 spiro atoms. The summed E-state index contributed by atoms with van der Waals surface area (Å²) in [6.45, 7) is 0. The molecule has 0 unspecified atom stereocenters. The van der Waals surface area contributed by atoms with Gasteiger partial charge in [0.1, 0.15) is 10.5 Å². The Hall–Kier alpha value is -2.82. The first-order valence-electron chi connectivity index (χ1n) is 6.52. The Labute approximate surface area is 144 Å². The third kappa shape index (κ3) is 2.38. The molecule has 1 aliphatic rings. The number of carbonyl (C=O) groups excluding carboxylic acids is 2. The molecule has 128 valence electrons. The van der Waals surface area contributed by atoms with Crippen LogP contribution in [0.15, 0.2) is 29.2 Å². The summed E-state index contributed by atoms with van der Waals surface area (Å²) in [5.74, 6) is -1.84. The van der Waals surface area contributed by atoms with Crippen molar-refractivity contribution in [2.24, 2.45) is 0 Å². The number of benzene rings is 2. The standard InChI is InChI=1S/C14H7ClN2O7S/c15-6-3-1-2-5-9(6)14(19)10-7(17(20)21)4-8(25(22,23)24)12(16)11(10)13(5)18/h1-4H,16H2,(H,22,23,24).